The van der Waals surface area contributed by atoms with Crippen molar-refractivity contribution in [3.05, 3.63) is 29.8 Å². The van der Waals surface area contributed by atoms with Gasteiger partial charge in [0.05, 0.1) is 13.2 Å². The summed E-state index contributed by atoms with van der Waals surface area (Å²) in [5.41, 5.74) is 1.10. The summed E-state index contributed by atoms with van der Waals surface area (Å²) in [6, 6.07) is 7.84. The van der Waals surface area contributed by atoms with E-state index in [1.807, 2.05) is 24.3 Å². The molecular weight excluding hydrogens is 214 g/mol. The van der Waals surface area contributed by atoms with Crippen molar-refractivity contribution in [2.24, 2.45) is 0 Å². The summed E-state index contributed by atoms with van der Waals surface area (Å²) in [4.78, 5) is 0. The van der Waals surface area contributed by atoms with Gasteiger partial charge in [0.15, 0.2) is 0 Å². The number of benzene rings is 1. The molecule has 1 N–H and O–H groups in total. The number of hydrogen-bond acceptors (Lipinski definition) is 3. The Morgan fingerprint density at radius 2 is 2.20 bits per heavy atom. The average molecular weight is 228 g/mol. The van der Waals surface area contributed by atoms with Crippen molar-refractivity contribution in [3.8, 4) is 5.75 Å². The van der Waals surface area contributed by atoms with Crippen LogP contribution in [0.2, 0.25) is 0 Å². The van der Waals surface area contributed by atoms with E-state index in [2.05, 4.69) is 5.32 Å². The maximum absolute atomic E-state index is 5.72. The normalized spacial score (nSPS) is 25.5. The van der Waals surface area contributed by atoms with Gasteiger partial charge in [0.25, 0.3) is 0 Å². The van der Waals surface area contributed by atoms with E-state index in [1.54, 1.807) is 7.11 Å². The predicted octanol–water partition coefficient (Wildman–Crippen LogP) is 1.92. The highest BCUT2D eigenvalue weighted by atomic mass is 35.5. The van der Waals surface area contributed by atoms with Crippen LogP contribution in [0.4, 0.5) is 0 Å². The lowest BCUT2D eigenvalue weighted by Crippen LogP contribution is -2.15. The zero-order chi connectivity index (χ0) is 10.7. The molecule has 1 heterocycles. The molecule has 0 radical (unpaired) electrons. The Morgan fingerprint density at radius 3 is 2.73 bits per heavy atom. The van der Waals surface area contributed by atoms with Gasteiger partial charge in [-0.3, -0.25) is 5.32 Å². The van der Waals surface area contributed by atoms with Crippen LogP contribution in [0.15, 0.2) is 24.3 Å². The number of halogens is 1. The maximum atomic E-state index is 5.72. The van der Waals surface area contributed by atoms with Gasteiger partial charge in [-0.1, -0.05) is 12.1 Å². The molecule has 0 spiro atoms. The van der Waals surface area contributed by atoms with E-state index < -0.39 is 0 Å². The van der Waals surface area contributed by atoms with Crippen LogP contribution in [-0.4, -0.2) is 25.6 Å². The van der Waals surface area contributed by atoms with Gasteiger partial charge < -0.3 is 9.47 Å². The highest BCUT2D eigenvalue weighted by Crippen LogP contribution is 2.23. The van der Waals surface area contributed by atoms with Gasteiger partial charge in [-0.2, -0.15) is 0 Å². The zero-order valence-corrected chi connectivity index (χ0v) is 9.33. The van der Waals surface area contributed by atoms with Crippen LogP contribution >= 0.6 is 11.6 Å². The van der Waals surface area contributed by atoms with Crippen LogP contribution in [0.3, 0.4) is 0 Å². The molecule has 1 saturated heterocycles. The molecule has 0 bridgehead atoms. The molecule has 1 aromatic carbocycles. The molecule has 2 unspecified atom stereocenters. The highest BCUT2D eigenvalue weighted by molar-refractivity contribution is 6.18. The lowest BCUT2D eigenvalue weighted by atomic mass is 10.2. The summed E-state index contributed by atoms with van der Waals surface area (Å²) in [5.74, 6) is 1.38. The van der Waals surface area contributed by atoms with Gasteiger partial charge in [-0.05, 0) is 17.7 Å². The van der Waals surface area contributed by atoms with Crippen molar-refractivity contribution in [2.45, 2.75) is 12.3 Å². The molecule has 1 fully saturated rings. The van der Waals surface area contributed by atoms with Crippen molar-refractivity contribution in [3.63, 3.8) is 0 Å². The topological polar surface area (TPSA) is 30.5 Å². The molecule has 0 amide bonds. The molecule has 4 heteroatoms. The van der Waals surface area contributed by atoms with Gasteiger partial charge in [0.2, 0.25) is 0 Å². The number of ether oxygens (including phenoxy) is 2. The SMILES string of the molecule is COc1ccc(C2NCC(CCl)O2)cc1. The minimum absolute atomic E-state index is 0.0420. The zero-order valence-electron chi connectivity index (χ0n) is 8.57. The predicted molar refractivity (Wildman–Crippen MR) is 59.3 cm³/mol. The lowest BCUT2D eigenvalue weighted by molar-refractivity contribution is 0.0528. The smallest absolute Gasteiger partial charge is 0.134 e. The van der Waals surface area contributed by atoms with E-state index >= 15 is 0 Å². The maximum Gasteiger partial charge on any atom is 0.134 e. The Hall–Kier alpha value is -0.770. The molecule has 0 saturated carbocycles. The van der Waals surface area contributed by atoms with Crippen molar-refractivity contribution in [2.75, 3.05) is 19.5 Å². The molecule has 1 aliphatic rings. The second-order valence-electron chi connectivity index (χ2n) is 3.47. The first-order valence-corrected chi connectivity index (χ1v) is 5.45. The number of methoxy groups -OCH3 is 1. The van der Waals surface area contributed by atoms with E-state index in [9.17, 15) is 0 Å². The summed E-state index contributed by atoms with van der Waals surface area (Å²) in [6.45, 7) is 0.806. The standard InChI is InChI=1S/C11H14ClNO2/c1-14-9-4-2-8(3-5-9)11-13-7-10(6-12)15-11/h2-5,10-11,13H,6-7H2,1H3. The molecule has 0 aromatic heterocycles. The summed E-state index contributed by atoms with van der Waals surface area (Å²) < 4.78 is 10.8. The van der Waals surface area contributed by atoms with Crippen LogP contribution in [0, 0.1) is 0 Å². The average Bonchev–Trinajstić information content (AvgIpc) is 2.78. The van der Waals surface area contributed by atoms with E-state index in [1.165, 1.54) is 0 Å². The molecule has 0 aliphatic carbocycles. The monoisotopic (exact) mass is 227 g/mol. The van der Waals surface area contributed by atoms with Crippen molar-refractivity contribution >= 4 is 11.6 Å². The van der Waals surface area contributed by atoms with E-state index in [-0.39, 0.29) is 12.3 Å². The van der Waals surface area contributed by atoms with Crippen LogP contribution in [-0.2, 0) is 4.74 Å². The fourth-order valence-corrected chi connectivity index (χ4v) is 1.78. The second kappa shape index (κ2) is 4.84. The third kappa shape index (κ3) is 2.43. The Kier molecular flexibility index (Phi) is 3.46. The number of nitrogens with one attached hydrogen (secondary N) is 1. The largest absolute Gasteiger partial charge is 0.497 e. The first-order chi connectivity index (χ1) is 7.33. The van der Waals surface area contributed by atoms with Gasteiger partial charge in [-0.25, -0.2) is 0 Å². The number of rotatable bonds is 3. The third-order valence-electron chi connectivity index (χ3n) is 2.45. The molecule has 3 nitrogen and oxygen atoms in total. The summed E-state index contributed by atoms with van der Waals surface area (Å²) in [5, 5.41) is 3.26. The van der Waals surface area contributed by atoms with E-state index in [0.29, 0.717) is 5.88 Å². The van der Waals surface area contributed by atoms with Gasteiger partial charge >= 0.3 is 0 Å². The molecule has 15 heavy (non-hydrogen) atoms. The van der Waals surface area contributed by atoms with Crippen molar-refractivity contribution in [1.29, 1.82) is 0 Å². The summed E-state index contributed by atoms with van der Waals surface area (Å²) in [6.07, 6.45) is 0.0680. The molecule has 2 atom stereocenters. The minimum atomic E-state index is -0.0420. The van der Waals surface area contributed by atoms with Crippen LogP contribution in [0.1, 0.15) is 11.8 Å². The molecular formula is C11H14ClNO2. The molecule has 2 rings (SSSR count). The first kappa shape index (κ1) is 10.7. The fraction of sp³-hybridized carbons (Fsp3) is 0.455. The molecule has 1 aliphatic heterocycles. The molecule has 1 aromatic rings. The Bertz CT molecular complexity index is 315. The second-order valence-corrected chi connectivity index (χ2v) is 3.78. The third-order valence-corrected chi connectivity index (χ3v) is 2.79. The van der Waals surface area contributed by atoms with Crippen molar-refractivity contribution < 1.29 is 9.47 Å². The van der Waals surface area contributed by atoms with Gasteiger partial charge in [0, 0.05) is 12.4 Å². The quantitative estimate of drug-likeness (QED) is 0.801. The fourth-order valence-electron chi connectivity index (χ4n) is 1.59. The molecule has 82 valence electrons. The Morgan fingerprint density at radius 1 is 1.47 bits per heavy atom. The van der Waals surface area contributed by atoms with Crippen molar-refractivity contribution in [1.82, 2.24) is 5.32 Å². The van der Waals surface area contributed by atoms with Crippen LogP contribution < -0.4 is 10.1 Å². The summed E-state index contributed by atoms with van der Waals surface area (Å²) in [7, 11) is 1.66. The Labute approximate surface area is 94.3 Å². The van der Waals surface area contributed by atoms with E-state index in [4.69, 9.17) is 21.1 Å². The van der Waals surface area contributed by atoms with Crippen LogP contribution in [0.25, 0.3) is 0 Å². The van der Waals surface area contributed by atoms with Crippen LogP contribution in [0.5, 0.6) is 5.75 Å². The Balaban J connectivity index is 2.04. The lowest BCUT2D eigenvalue weighted by Gasteiger charge is -2.12. The first-order valence-electron chi connectivity index (χ1n) is 4.92. The number of hydrogen-bond donors (Lipinski definition) is 1. The van der Waals surface area contributed by atoms with Gasteiger partial charge in [0.1, 0.15) is 12.0 Å². The summed E-state index contributed by atoms with van der Waals surface area (Å²) >= 11 is 5.72. The van der Waals surface area contributed by atoms with Gasteiger partial charge in [-0.15, -0.1) is 11.6 Å². The highest BCUT2D eigenvalue weighted by Gasteiger charge is 2.24. The van der Waals surface area contributed by atoms with E-state index in [0.717, 1.165) is 17.9 Å². The number of alkyl halides is 1. The minimum Gasteiger partial charge on any atom is -0.497 e.